The SMILES string of the molecule is NC(c1ccccc1)[C@H](N=Cc1ccc(-c2ccccc2)cc1)c1cccc(-n2c3ccccc3c3cc4c(cc32)[nH]c2ccccc24)c1. The molecule has 0 fully saturated rings. The van der Waals surface area contributed by atoms with Crippen LogP contribution in [0, 0.1) is 0 Å². The molecule has 2 heterocycles. The Balaban J connectivity index is 1.16. The van der Waals surface area contributed by atoms with Gasteiger partial charge in [0.15, 0.2) is 0 Å². The number of para-hydroxylation sites is 2. The molecule has 2 aromatic heterocycles. The van der Waals surface area contributed by atoms with Crippen molar-refractivity contribution in [2.45, 2.75) is 12.1 Å². The molecule has 2 atom stereocenters. The Labute approximate surface area is 284 Å². The molecule has 3 N–H and O–H groups in total. The number of aromatic nitrogens is 2. The Bertz CT molecular complexity index is 2610. The summed E-state index contributed by atoms with van der Waals surface area (Å²) >= 11 is 0. The Morgan fingerprint density at radius 3 is 2.00 bits per heavy atom. The molecule has 7 aromatic carbocycles. The normalized spacial score (nSPS) is 13.2. The highest BCUT2D eigenvalue weighted by Crippen LogP contribution is 2.38. The molecule has 0 aliphatic heterocycles. The molecule has 0 amide bonds. The Morgan fingerprint density at radius 1 is 0.510 bits per heavy atom. The lowest BCUT2D eigenvalue weighted by Gasteiger charge is -2.22. The molecule has 0 spiro atoms. The molecule has 234 valence electrons. The van der Waals surface area contributed by atoms with Crippen LogP contribution in [0.3, 0.4) is 0 Å². The van der Waals surface area contributed by atoms with Crippen LogP contribution in [0.15, 0.2) is 175 Å². The number of fused-ring (bicyclic) bond motifs is 6. The molecule has 9 rings (SSSR count). The molecular formula is C45H34N4. The highest BCUT2D eigenvalue weighted by Gasteiger charge is 2.22. The van der Waals surface area contributed by atoms with Crippen LogP contribution in [0.5, 0.6) is 0 Å². The van der Waals surface area contributed by atoms with Crippen LogP contribution in [0.1, 0.15) is 28.8 Å². The number of aromatic amines is 1. The van der Waals surface area contributed by atoms with E-state index in [0.29, 0.717) is 0 Å². The minimum atomic E-state index is -0.333. The molecule has 0 bridgehead atoms. The van der Waals surface area contributed by atoms with Gasteiger partial charge in [0.05, 0.1) is 23.1 Å². The van der Waals surface area contributed by atoms with E-state index < -0.39 is 0 Å². The van der Waals surface area contributed by atoms with Crippen LogP contribution < -0.4 is 5.73 Å². The van der Waals surface area contributed by atoms with Crippen LogP contribution >= 0.6 is 0 Å². The molecule has 0 saturated heterocycles. The summed E-state index contributed by atoms with van der Waals surface area (Å²) in [6.45, 7) is 0. The standard InChI is InChI=1S/C45H34N4/c46-44(33-14-5-2-6-15-33)45(47-29-30-22-24-32(25-23-30)31-12-3-1-4-13-31)34-16-11-17-35(26-34)49-42-21-10-8-19-37(42)39-27-38-36-18-7-9-20-40(36)48-41(38)28-43(39)49/h1-29,44-45,48H,46H2/t44?,45-/m1/s1. The second kappa shape index (κ2) is 12.1. The first kappa shape index (κ1) is 29.0. The Hall–Kier alpha value is -6.23. The quantitative estimate of drug-likeness (QED) is 0.169. The molecule has 0 saturated carbocycles. The number of hydrogen-bond donors (Lipinski definition) is 2. The van der Waals surface area contributed by atoms with Crippen molar-refractivity contribution in [2.75, 3.05) is 0 Å². The van der Waals surface area contributed by atoms with E-state index in [0.717, 1.165) is 44.4 Å². The van der Waals surface area contributed by atoms with E-state index in [1.165, 1.54) is 32.7 Å². The minimum absolute atomic E-state index is 0.301. The zero-order chi connectivity index (χ0) is 32.7. The lowest BCUT2D eigenvalue weighted by Crippen LogP contribution is -2.19. The van der Waals surface area contributed by atoms with Gasteiger partial charge in [-0.05, 0) is 64.2 Å². The Kier molecular flexibility index (Phi) is 7.15. The monoisotopic (exact) mass is 630 g/mol. The van der Waals surface area contributed by atoms with Crippen molar-refractivity contribution in [2.24, 2.45) is 10.7 Å². The summed E-state index contributed by atoms with van der Waals surface area (Å²) in [5, 5.41) is 4.93. The molecule has 1 unspecified atom stereocenters. The summed E-state index contributed by atoms with van der Waals surface area (Å²) in [6, 6.07) is 59.1. The van der Waals surface area contributed by atoms with Crippen molar-refractivity contribution < 1.29 is 0 Å². The fourth-order valence-electron chi connectivity index (χ4n) is 7.24. The number of nitrogens with one attached hydrogen (secondary N) is 1. The van der Waals surface area contributed by atoms with Crippen molar-refractivity contribution in [3.05, 3.63) is 187 Å². The second-order valence-electron chi connectivity index (χ2n) is 12.7. The second-order valence-corrected chi connectivity index (χ2v) is 12.7. The first-order valence-electron chi connectivity index (χ1n) is 16.7. The lowest BCUT2D eigenvalue weighted by atomic mass is 9.94. The first-order chi connectivity index (χ1) is 24.2. The van der Waals surface area contributed by atoms with Crippen molar-refractivity contribution >= 4 is 49.8 Å². The van der Waals surface area contributed by atoms with E-state index in [1.807, 2.05) is 30.5 Å². The van der Waals surface area contributed by atoms with Crippen molar-refractivity contribution in [1.82, 2.24) is 9.55 Å². The molecule has 49 heavy (non-hydrogen) atoms. The Morgan fingerprint density at radius 2 is 1.18 bits per heavy atom. The first-order valence-corrected chi connectivity index (χ1v) is 16.7. The predicted octanol–water partition coefficient (Wildman–Crippen LogP) is 10.9. The number of H-pyrrole nitrogens is 1. The molecular weight excluding hydrogens is 597 g/mol. The number of benzene rings is 7. The third-order valence-corrected chi connectivity index (χ3v) is 9.70. The smallest absolute Gasteiger partial charge is 0.0942 e. The van der Waals surface area contributed by atoms with Gasteiger partial charge < -0.3 is 15.3 Å². The summed E-state index contributed by atoms with van der Waals surface area (Å²) < 4.78 is 2.37. The van der Waals surface area contributed by atoms with Gasteiger partial charge in [-0.2, -0.15) is 0 Å². The number of nitrogens with zero attached hydrogens (tertiary/aromatic N) is 2. The van der Waals surface area contributed by atoms with E-state index >= 15 is 0 Å². The highest BCUT2D eigenvalue weighted by molar-refractivity contribution is 6.18. The van der Waals surface area contributed by atoms with E-state index in [1.54, 1.807) is 0 Å². The van der Waals surface area contributed by atoms with Crippen LogP contribution in [0.25, 0.3) is 60.4 Å². The molecule has 9 aromatic rings. The molecule has 0 aliphatic rings. The zero-order valence-electron chi connectivity index (χ0n) is 26.9. The van der Waals surface area contributed by atoms with E-state index in [4.69, 9.17) is 10.7 Å². The van der Waals surface area contributed by atoms with Gasteiger partial charge in [0.1, 0.15) is 0 Å². The molecule has 4 nitrogen and oxygen atoms in total. The highest BCUT2D eigenvalue weighted by atomic mass is 15.0. The number of rotatable bonds is 7. The van der Waals surface area contributed by atoms with Crippen molar-refractivity contribution in [1.29, 1.82) is 0 Å². The zero-order valence-corrected chi connectivity index (χ0v) is 26.9. The summed E-state index contributed by atoms with van der Waals surface area (Å²) in [5.74, 6) is 0. The summed E-state index contributed by atoms with van der Waals surface area (Å²) in [5.41, 5.74) is 18.2. The fourth-order valence-corrected chi connectivity index (χ4v) is 7.24. The van der Waals surface area contributed by atoms with Gasteiger partial charge >= 0.3 is 0 Å². The van der Waals surface area contributed by atoms with Crippen molar-refractivity contribution in [3.63, 3.8) is 0 Å². The molecule has 0 radical (unpaired) electrons. The fraction of sp³-hybridized carbons (Fsp3) is 0.0444. The van der Waals surface area contributed by atoms with Gasteiger partial charge in [0, 0.05) is 44.5 Å². The topological polar surface area (TPSA) is 59.1 Å². The van der Waals surface area contributed by atoms with Crippen molar-refractivity contribution in [3.8, 4) is 16.8 Å². The van der Waals surface area contributed by atoms with E-state index in [9.17, 15) is 0 Å². The minimum Gasteiger partial charge on any atom is -0.354 e. The van der Waals surface area contributed by atoms with Crippen LogP contribution in [0.4, 0.5) is 0 Å². The number of nitrogens with two attached hydrogens (primary N) is 1. The average molecular weight is 631 g/mol. The van der Waals surface area contributed by atoms with Gasteiger partial charge in [-0.3, -0.25) is 4.99 Å². The average Bonchev–Trinajstić information content (AvgIpc) is 3.69. The summed E-state index contributed by atoms with van der Waals surface area (Å²) in [4.78, 5) is 8.84. The van der Waals surface area contributed by atoms with Crippen LogP contribution in [-0.4, -0.2) is 15.8 Å². The summed E-state index contributed by atoms with van der Waals surface area (Å²) in [6.07, 6.45) is 1.96. The molecule has 0 aliphatic carbocycles. The maximum Gasteiger partial charge on any atom is 0.0942 e. The molecule has 4 heteroatoms. The van der Waals surface area contributed by atoms with E-state index in [-0.39, 0.29) is 12.1 Å². The number of aliphatic imine (C=N–C) groups is 1. The van der Waals surface area contributed by atoms with Gasteiger partial charge in [0.25, 0.3) is 0 Å². The third kappa shape index (κ3) is 5.20. The largest absolute Gasteiger partial charge is 0.354 e. The van der Waals surface area contributed by atoms with Gasteiger partial charge in [-0.1, -0.05) is 133 Å². The van der Waals surface area contributed by atoms with E-state index in [2.05, 4.69) is 155 Å². The number of hydrogen-bond acceptors (Lipinski definition) is 2. The third-order valence-electron chi connectivity index (χ3n) is 9.70. The van der Waals surface area contributed by atoms with Gasteiger partial charge in [-0.15, -0.1) is 0 Å². The lowest BCUT2D eigenvalue weighted by molar-refractivity contribution is 0.579. The van der Waals surface area contributed by atoms with Gasteiger partial charge in [0.2, 0.25) is 0 Å². The van der Waals surface area contributed by atoms with Gasteiger partial charge in [-0.25, -0.2) is 0 Å². The predicted molar refractivity (Wildman–Crippen MR) is 206 cm³/mol. The maximum atomic E-state index is 7.06. The summed E-state index contributed by atoms with van der Waals surface area (Å²) in [7, 11) is 0. The van der Waals surface area contributed by atoms with Crippen LogP contribution in [0.2, 0.25) is 0 Å². The van der Waals surface area contributed by atoms with Crippen LogP contribution in [-0.2, 0) is 0 Å². The maximum absolute atomic E-state index is 7.06.